The van der Waals surface area contributed by atoms with Crippen molar-refractivity contribution in [1.82, 2.24) is 5.06 Å². The molecule has 1 radical (unpaired) electrons. The van der Waals surface area contributed by atoms with Gasteiger partial charge in [-0.05, 0) is 33.3 Å². The van der Waals surface area contributed by atoms with Gasteiger partial charge in [-0.1, -0.05) is 5.21 Å². The van der Waals surface area contributed by atoms with Crippen molar-refractivity contribution in [2.75, 3.05) is 0 Å². The Morgan fingerprint density at radius 3 is 2.45 bits per heavy atom. The SMILES string of the molecule is CC1=NC(C)=C(C)C(C)N1[O]. The largest absolute Gasteiger partial charge is 0.238 e. The van der Waals surface area contributed by atoms with Crippen molar-refractivity contribution >= 4 is 5.84 Å². The van der Waals surface area contributed by atoms with Gasteiger partial charge in [0.15, 0.2) is 0 Å². The van der Waals surface area contributed by atoms with Crippen LogP contribution in [0.15, 0.2) is 16.3 Å². The maximum Gasteiger partial charge on any atom is 0.129 e. The average Bonchev–Trinajstić information content (AvgIpc) is 1.97. The van der Waals surface area contributed by atoms with Crippen LogP contribution in [0, 0.1) is 0 Å². The van der Waals surface area contributed by atoms with Crippen molar-refractivity contribution in [3.63, 3.8) is 0 Å². The first-order valence-electron chi connectivity index (χ1n) is 3.73. The molecule has 1 atom stereocenters. The fourth-order valence-corrected chi connectivity index (χ4v) is 1.14. The number of hydrogen-bond donors (Lipinski definition) is 0. The Balaban J connectivity index is 3.01. The monoisotopic (exact) mass is 153 g/mol. The summed E-state index contributed by atoms with van der Waals surface area (Å²) >= 11 is 0. The normalized spacial score (nSPS) is 25.7. The maximum absolute atomic E-state index is 11.2. The smallest absolute Gasteiger partial charge is 0.129 e. The van der Waals surface area contributed by atoms with E-state index in [9.17, 15) is 5.21 Å². The number of aliphatic imine (C=N–C) groups is 1. The number of hydroxylamine groups is 2. The van der Waals surface area contributed by atoms with Gasteiger partial charge in [0.25, 0.3) is 0 Å². The summed E-state index contributed by atoms with van der Waals surface area (Å²) in [5.74, 6) is 0.556. The first-order valence-corrected chi connectivity index (χ1v) is 3.73. The van der Waals surface area contributed by atoms with Crippen LogP contribution < -0.4 is 0 Å². The van der Waals surface area contributed by atoms with Crippen LogP contribution in [0.25, 0.3) is 0 Å². The zero-order valence-corrected chi connectivity index (χ0v) is 7.38. The van der Waals surface area contributed by atoms with Crippen LogP contribution in [0.4, 0.5) is 0 Å². The first-order chi connectivity index (χ1) is 5.04. The summed E-state index contributed by atoms with van der Waals surface area (Å²) in [6.45, 7) is 7.51. The molecule has 1 aliphatic rings. The van der Waals surface area contributed by atoms with E-state index in [2.05, 4.69) is 4.99 Å². The molecule has 0 fully saturated rings. The zero-order chi connectivity index (χ0) is 8.59. The van der Waals surface area contributed by atoms with Gasteiger partial charge in [0.2, 0.25) is 0 Å². The second-order valence-electron chi connectivity index (χ2n) is 2.93. The molecule has 0 aromatic carbocycles. The number of amidine groups is 1. The highest BCUT2D eigenvalue weighted by Gasteiger charge is 2.21. The molecular weight excluding hydrogens is 140 g/mol. The molecule has 0 saturated carbocycles. The summed E-state index contributed by atoms with van der Waals surface area (Å²) in [6, 6.07) is -0.0486. The van der Waals surface area contributed by atoms with Crippen LogP contribution in [0.5, 0.6) is 0 Å². The molecule has 0 spiro atoms. The lowest BCUT2D eigenvalue weighted by Gasteiger charge is -2.27. The quantitative estimate of drug-likeness (QED) is 0.522. The van der Waals surface area contributed by atoms with Crippen molar-refractivity contribution in [2.24, 2.45) is 4.99 Å². The fraction of sp³-hybridized carbons (Fsp3) is 0.625. The molecule has 0 saturated heterocycles. The zero-order valence-electron chi connectivity index (χ0n) is 7.38. The molecule has 0 N–H and O–H groups in total. The summed E-state index contributed by atoms with van der Waals surface area (Å²) in [5, 5.41) is 12.2. The van der Waals surface area contributed by atoms with Gasteiger partial charge in [-0.2, -0.15) is 5.06 Å². The van der Waals surface area contributed by atoms with E-state index in [1.807, 2.05) is 20.8 Å². The highest BCUT2D eigenvalue weighted by atomic mass is 16.5. The average molecular weight is 153 g/mol. The minimum atomic E-state index is -0.0486. The maximum atomic E-state index is 11.2. The number of rotatable bonds is 0. The molecule has 1 aliphatic heterocycles. The first kappa shape index (κ1) is 8.27. The lowest BCUT2D eigenvalue weighted by Crippen LogP contribution is -2.36. The molecule has 1 heterocycles. The van der Waals surface area contributed by atoms with Gasteiger partial charge < -0.3 is 0 Å². The van der Waals surface area contributed by atoms with Gasteiger partial charge in [-0.15, -0.1) is 0 Å². The summed E-state index contributed by atoms with van der Waals surface area (Å²) < 4.78 is 0. The molecule has 0 amide bonds. The predicted octanol–water partition coefficient (Wildman–Crippen LogP) is 1.75. The van der Waals surface area contributed by atoms with Crippen LogP contribution in [0.2, 0.25) is 0 Å². The van der Waals surface area contributed by atoms with Crippen molar-refractivity contribution in [2.45, 2.75) is 33.7 Å². The fourth-order valence-electron chi connectivity index (χ4n) is 1.14. The van der Waals surface area contributed by atoms with Gasteiger partial charge >= 0.3 is 0 Å². The van der Waals surface area contributed by atoms with E-state index in [4.69, 9.17) is 0 Å². The van der Waals surface area contributed by atoms with Crippen molar-refractivity contribution in [3.05, 3.63) is 11.3 Å². The lowest BCUT2D eigenvalue weighted by molar-refractivity contribution is -0.110. The van der Waals surface area contributed by atoms with Crippen LogP contribution >= 0.6 is 0 Å². The Kier molecular flexibility index (Phi) is 2.00. The Bertz CT molecular complexity index is 230. The molecule has 0 aromatic rings. The molecule has 1 rings (SSSR count). The Morgan fingerprint density at radius 2 is 1.91 bits per heavy atom. The molecule has 0 aliphatic carbocycles. The van der Waals surface area contributed by atoms with Crippen molar-refractivity contribution in [3.8, 4) is 0 Å². The van der Waals surface area contributed by atoms with Crippen LogP contribution in [0.1, 0.15) is 27.7 Å². The molecule has 11 heavy (non-hydrogen) atoms. The topological polar surface area (TPSA) is 35.5 Å². The van der Waals surface area contributed by atoms with Crippen LogP contribution in [-0.4, -0.2) is 16.9 Å². The van der Waals surface area contributed by atoms with Crippen LogP contribution in [0.3, 0.4) is 0 Å². The molecule has 3 heteroatoms. The second-order valence-corrected chi connectivity index (χ2v) is 2.93. The van der Waals surface area contributed by atoms with E-state index in [0.717, 1.165) is 16.3 Å². The van der Waals surface area contributed by atoms with E-state index < -0.39 is 0 Å². The molecule has 1 unspecified atom stereocenters. The van der Waals surface area contributed by atoms with Gasteiger partial charge in [0.1, 0.15) is 5.84 Å². The summed E-state index contributed by atoms with van der Waals surface area (Å²) in [4.78, 5) is 4.10. The third-order valence-corrected chi connectivity index (χ3v) is 2.20. The molecular formula is C8H13N2O. The van der Waals surface area contributed by atoms with Crippen LogP contribution in [-0.2, 0) is 5.21 Å². The van der Waals surface area contributed by atoms with Gasteiger partial charge in [0.05, 0.1) is 6.04 Å². The Morgan fingerprint density at radius 1 is 1.36 bits per heavy atom. The standard InChI is InChI=1S/C8H13N2O/c1-5-6(2)9-8(4)10(11)7(5)3/h7H,1-4H3. The Hall–Kier alpha value is -0.830. The number of allylic oxidation sites excluding steroid dienone is 1. The summed E-state index contributed by atoms with van der Waals surface area (Å²) in [7, 11) is 0. The summed E-state index contributed by atoms with van der Waals surface area (Å²) in [5.41, 5.74) is 2.03. The number of nitrogens with zero attached hydrogens (tertiary/aromatic N) is 2. The van der Waals surface area contributed by atoms with E-state index in [0.29, 0.717) is 5.84 Å². The molecule has 0 bridgehead atoms. The van der Waals surface area contributed by atoms with Gasteiger partial charge in [-0.25, -0.2) is 4.99 Å². The van der Waals surface area contributed by atoms with Gasteiger partial charge in [-0.3, -0.25) is 0 Å². The third kappa shape index (κ3) is 1.28. The molecule has 0 aromatic heterocycles. The van der Waals surface area contributed by atoms with Crippen molar-refractivity contribution in [1.29, 1.82) is 0 Å². The molecule has 3 nitrogen and oxygen atoms in total. The predicted molar refractivity (Wildman–Crippen MR) is 43.5 cm³/mol. The van der Waals surface area contributed by atoms with E-state index in [1.54, 1.807) is 6.92 Å². The second kappa shape index (κ2) is 2.66. The van der Waals surface area contributed by atoms with Gasteiger partial charge in [0, 0.05) is 5.70 Å². The van der Waals surface area contributed by atoms with E-state index >= 15 is 0 Å². The molecule has 61 valence electrons. The Labute approximate surface area is 67.0 Å². The highest BCUT2D eigenvalue weighted by Crippen LogP contribution is 2.19. The lowest BCUT2D eigenvalue weighted by atomic mass is 10.1. The highest BCUT2D eigenvalue weighted by molar-refractivity contribution is 5.81. The minimum Gasteiger partial charge on any atom is -0.238 e. The third-order valence-electron chi connectivity index (χ3n) is 2.20. The van der Waals surface area contributed by atoms with Crippen molar-refractivity contribution < 1.29 is 5.21 Å². The number of hydrogen-bond acceptors (Lipinski definition) is 2. The minimum absolute atomic E-state index is 0.0486. The van der Waals surface area contributed by atoms with E-state index in [1.165, 1.54) is 0 Å². The summed E-state index contributed by atoms with van der Waals surface area (Å²) in [6.07, 6.45) is 0. The van der Waals surface area contributed by atoms with E-state index in [-0.39, 0.29) is 6.04 Å².